The van der Waals surface area contributed by atoms with Crippen LogP contribution in [0, 0.1) is 11.7 Å². The molecule has 1 aromatic heterocycles. The van der Waals surface area contributed by atoms with Gasteiger partial charge in [0.15, 0.2) is 0 Å². The maximum absolute atomic E-state index is 14.5. The Labute approximate surface area is 257 Å². The van der Waals surface area contributed by atoms with Crippen molar-refractivity contribution >= 4 is 28.5 Å². The summed E-state index contributed by atoms with van der Waals surface area (Å²) >= 11 is 0. The number of imidazole rings is 1. The molecule has 0 spiro atoms. The number of hydrogen-bond donors (Lipinski definition) is 2. The van der Waals surface area contributed by atoms with Gasteiger partial charge < -0.3 is 24.8 Å². The van der Waals surface area contributed by atoms with Gasteiger partial charge in [0.1, 0.15) is 17.4 Å². The molecular weight excluding hydrogens is 559 g/mol. The fourth-order valence-corrected chi connectivity index (χ4v) is 6.31. The van der Waals surface area contributed by atoms with E-state index >= 15 is 0 Å². The van der Waals surface area contributed by atoms with E-state index in [-0.39, 0.29) is 23.8 Å². The molecule has 1 saturated heterocycles. The van der Waals surface area contributed by atoms with Gasteiger partial charge in [-0.1, -0.05) is 18.2 Å². The Hall–Kier alpha value is -4.44. The molecule has 44 heavy (non-hydrogen) atoms. The highest BCUT2D eigenvalue weighted by Crippen LogP contribution is 2.43. The van der Waals surface area contributed by atoms with Gasteiger partial charge in [0.05, 0.1) is 18.1 Å². The van der Waals surface area contributed by atoms with Crippen LogP contribution in [0.25, 0.3) is 22.4 Å². The number of rotatable bonds is 10. The van der Waals surface area contributed by atoms with Gasteiger partial charge in [-0.25, -0.2) is 9.37 Å². The standard InChI is InChI=1S/C34H39FN6O3/c1-36-33(42)25-18-28(19-25)41-31-21-23(9-10-30(31)38-32(41)24-17-26(35)22-29(20-24)44-2)34(43)37-11-6-12-39-13-15-40(16-14-39)27-7-4-3-5-8-27/h3-5,7-10,17,20-22,25,28H,6,11-16,18-19H2,1-2H3,(H,36,42)(H,37,43). The molecule has 0 unspecified atom stereocenters. The molecule has 3 aromatic carbocycles. The Morgan fingerprint density at radius 3 is 2.50 bits per heavy atom. The predicted octanol–water partition coefficient (Wildman–Crippen LogP) is 4.49. The molecule has 9 nitrogen and oxygen atoms in total. The number of hydrogen-bond acceptors (Lipinski definition) is 6. The van der Waals surface area contributed by atoms with Gasteiger partial charge in [-0.2, -0.15) is 0 Å². The molecular formula is C34H39FN6O3. The van der Waals surface area contributed by atoms with E-state index in [4.69, 9.17) is 9.72 Å². The third kappa shape index (κ3) is 6.26. The number of nitrogens with zero attached hydrogens (tertiary/aromatic N) is 4. The highest BCUT2D eigenvalue weighted by Gasteiger charge is 2.37. The smallest absolute Gasteiger partial charge is 0.251 e. The molecule has 0 bridgehead atoms. The van der Waals surface area contributed by atoms with Crippen LogP contribution in [-0.4, -0.2) is 79.7 Å². The van der Waals surface area contributed by atoms with Crippen LogP contribution in [0.5, 0.6) is 5.75 Å². The predicted molar refractivity (Wildman–Crippen MR) is 170 cm³/mol. The second-order valence-electron chi connectivity index (χ2n) is 11.6. The lowest BCUT2D eigenvalue weighted by atomic mass is 9.79. The molecule has 2 heterocycles. The summed E-state index contributed by atoms with van der Waals surface area (Å²) in [6, 6.07) is 20.5. The highest BCUT2D eigenvalue weighted by molar-refractivity contribution is 5.98. The summed E-state index contributed by atoms with van der Waals surface area (Å²) in [5, 5.41) is 5.81. The monoisotopic (exact) mass is 598 g/mol. The van der Waals surface area contributed by atoms with Crippen molar-refractivity contribution < 1.29 is 18.7 Å². The van der Waals surface area contributed by atoms with Gasteiger partial charge in [0.25, 0.3) is 5.91 Å². The van der Waals surface area contributed by atoms with Gasteiger partial charge in [-0.05, 0) is 68.3 Å². The van der Waals surface area contributed by atoms with Crippen LogP contribution in [0.4, 0.5) is 10.1 Å². The number of fused-ring (bicyclic) bond motifs is 1. The molecule has 10 heteroatoms. The maximum atomic E-state index is 14.5. The molecule has 2 fully saturated rings. The number of amides is 2. The van der Waals surface area contributed by atoms with Crippen molar-refractivity contribution in [1.29, 1.82) is 0 Å². The van der Waals surface area contributed by atoms with E-state index in [2.05, 4.69) is 49.3 Å². The van der Waals surface area contributed by atoms with Crippen molar-refractivity contribution in [2.45, 2.75) is 25.3 Å². The molecule has 0 atom stereocenters. The third-order valence-electron chi connectivity index (χ3n) is 8.84. The van der Waals surface area contributed by atoms with E-state index in [1.165, 1.54) is 24.9 Å². The van der Waals surface area contributed by atoms with Crippen molar-refractivity contribution in [3.63, 3.8) is 0 Å². The van der Waals surface area contributed by atoms with E-state index in [1.807, 2.05) is 18.2 Å². The quantitative estimate of drug-likeness (QED) is 0.262. The van der Waals surface area contributed by atoms with E-state index in [0.717, 1.165) is 44.7 Å². The molecule has 2 N–H and O–H groups in total. The van der Waals surface area contributed by atoms with Crippen LogP contribution in [0.3, 0.4) is 0 Å². The molecule has 4 aromatic rings. The minimum Gasteiger partial charge on any atom is -0.497 e. The first-order valence-electron chi connectivity index (χ1n) is 15.3. The topological polar surface area (TPSA) is 91.7 Å². The fourth-order valence-electron chi connectivity index (χ4n) is 6.31. The number of carbonyl (C=O) groups is 2. The van der Waals surface area contributed by atoms with Crippen LogP contribution >= 0.6 is 0 Å². The number of aromatic nitrogens is 2. The molecule has 0 radical (unpaired) electrons. The number of halogens is 1. The normalized spacial score (nSPS) is 18.6. The third-order valence-corrected chi connectivity index (χ3v) is 8.84. The molecule has 2 aliphatic rings. The number of anilines is 1. The number of para-hydroxylation sites is 1. The summed E-state index contributed by atoms with van der Waals surface area (Å²) in [5.74, 6) is 0.340. The van der Waals surface area contributed by atoms with E-state index in [0.29, 0.717) is 47.6 Å². The largest absolute Gasteiger partial charge is 0.497 e. The number of carbonyl (C=O) groups excluding carboxylic acids is 2. The Bertz CT molecular complexity index is 1630. The Morgan fingerprint density at radius 1 is 1.00 bits per heavy atom. The lowest BCUT2D eigenvalue weighted by Gasteiger charge is -2.36. The molecule has 1 aliphatic carbocycles. The summed E-state index contributed by atoms with van der Waals surface area (Å²) in [5.41, 5.74) is 3.88. The molecule has 1 saturated carbocycles. The first kappa shape index (κ1) is 29.6. The Balaban J connectivity index is 1.13. The molecule has 6 rings (SSSR count). The number of methoxy groups -OCH3 is 1. The zero-order chi connectivity index (χ0) is 30.6. The van der Waals surface area contributed by atoms with Crippen LogP contribution in [-0.2, 0) is 4.79 Å². The summed E-state index contributed by atoms with van der Waals surface area (Å²) in [6.45, 7) is 5.53. The van der Waals surface area contributed by atoms with Crippen LogP contribution in [0.1, 0.15) is 35.7 Å². The van der Waals surface area contributed by atoms with Crippen molar-refractivity contribution in [1.82, 2.24) is 25.1 Å². The lowest BCUT2D eigenvalue weighted by Crippen LogP contribution is -2.47. The fraction of sp³-hybridized carbons (Fsp3) is 0.382. The van der Waals surface area contributed by atoms with Gasteiger partial charge in [-0.3, -0.25) is 14.5 Å². The van der Waals surface area contributed by atoms with Crippen molar-refractivity contribution in [2.24, 2.45) is 5.92 Å². The number of piperazine rings is 1. The van der Waals surface area contributed by atoms with Gasteiger partial charge in [-0.15, -0.1) is 0 Å². The summed E-state index contributed by atoms with van der Waals surface area (Å²) in [4.78, 5) is 35.2. The van der Waals surface area contributed by atoms with E-state index < -0.39 is 5.82 Å². The summed E-state index contributed by atoms with van der Waals surface area (Å²) in [6.07, 6.45) is 2.15. The van der Waals surface area contributed by atoms with Crippen LogP contribution < -0.4 is 20.3 Å². The van der Waals surface area contributed by atoms with E-state index in [1.54, 1.807) is 19.2 Å². The van der Waals surface area contributed by atoms with Crippen molar-refractivity contribution in [3.05, 3.63) is 78.1 Å². The van der Waals surface area contributed by atoms with Gasteiger partial charge >= 0.3 is 0 Å². The first-order chi connectivity index (χ1) is 21.4. The molecule has 2 amide bonds. The summed E-state index contributed by atoms with van der Waals surface area (Å²) in [7, 11) is 3.14. The zero-order valence-electron chi connectivity index (χ0n) is 25.3. The zero-order valence-corrected chi connectivity index (χ0v) is 25.3. The average molecular weight is 599 g/mol. The Morgan fingerprint density at radius 2 is 1.77 bits per heavy atom. The summed E-state index contributed by atoms with van der Waals surface area (Å²) < 4.78 is 21.9. The van der Waals surface area contributed by atoms with Gasteiger partial charge in [0.2, 0.25) is 5.91 Å². The maximum Gasteiger partial charge on any atom is 0.251 e. The minimum absolute atomic E-state index is 0.00719. The second-order valence-corrected chi connectivity index (χ2v) is 11.6. The SMILES string of the molecule is CNC(=O)C1CC(n2c(-c3cc(F)cc(OC)c3)nc3ccc(C(=O)NCCCN4CCN(c5ccccc5)CC4)cc32)C1. The number of benzene rings is 3. The molecule has 1 aliphatic heterocycles. The van der Waals surface area contributed by atoms with E-state index in [9.17, 15) is 14.0 Å². The van der Waals surface area contributed by atoms with Crippen molar-refractivity contribution in [3.8, 4) is 17.1 Å². The van der Waals surface area contributed by atoms with Gasteiger partial charge in [0, 0.05) is 74.6 Å². The minimum atomic E-state index is -0.423. The Kier molecular flexibility index (Phi) is 8.79. The lowest BCUT2D eigenvalue weighted by molar-refractivity contribution is -0.128. The number of ether oxygens (including phenoxy) is 1. The molecule has 230 valence electrons. The number of nitrogens with one attached hydrogen (secondary N) is 2. The van der Waals surface area contributed by atoms with Crippen molar-refractivity contribution in [2.75, 3.05) is 58.3 Å². The second kappa shape index (κ2) is 13.1. The average Bonchev–Trinajstić information content (AvgIpc) is 3.41. The first-order valence-corrected chi connectivity index (χ1v) is 15.3. The highest BCUT2D eigenvalue weighted by atomic mass is 19.1. The van der Waals surface area contributed by atoms with Crippen LogP contribution in [0.2, 0.25) is 0 Å². The van der Waals surface area contributed by atoms with Crippen LogP contribution in [0.15, 0.2) is 66.7 Å².